The third-order valence-electron chi connectivity index (χ3n) is 2.39. The molecule has 1 nitrogen and oxygen atoms in total. The molecule has 1 aromatic rings. The monoisotopic (exact) mass is 189 g/mol. The number of anilines is 1. The molecule has 0 bridgehead atoms. The molecule has 0 aliphatic heterocycles. The molecule has 0 aliphatic carbocycles. The predicted molar refractivity (Wildman–Crippen MR) is 67.4 cm³/mol. The van der Waals surface area contributed by atoms with Crippen LogP contribution in [0, 0.1) is 0 Å². The number of hydrogen-bond donors (Lipinski definition) is 0. The minimum Gasteiger partial charge on any atom is -0.372 e. The normalized spacial score (nSPS) is 10.1. The molecular weight excluding hydrogens is 169 g/mol. The summed E-state index contributed by atoms with van der Waals surface area (Å²) in [5.41, 5.74) is 2.70. The second-order valence-corrected chi connectivity index (χ2v) is 3.82. The first kappa shape index (κ1) is 11.2. The first-order chi connectivity index (χ1) is 6.77. The van der Waals surface area contributed by atoms with Gasteiger partial charge < -0.3 is 4.90 Å². The molecule has 0 spiro atoms. The Labute approximate surface area is 88.5 Å². The van der Waals surface area contributed by atoms with Gasteiger partial charge in [-0.25, -0.2) is 0 Å². The SMILES string of the molecule is Bc1ccc(N(CCC)CCC)cc1. The fourth-order valence-corrected chi connectivity index (χ4v) is 1.67. The Bertz CT molecular complexity index is 250. The molecule has 1 aromatic carbocycles. The van der Waals surface area contributed by atoms with Gasteiger partial charge in [-0.1, -0.05) is 31.4 Å². The number of benzene rings is 1. The lowest BCUT2D eigenvalue weighted by Gasteiger charge is -2.23. The van der Waals surface area contributed by atoms with Gasteiger partial charge in [0, 0.05) is 18.8 Å². The molecule has 0 saturated carbocycles. The largest absolute Gasteiger partial charge is 0.372 e. The fraction of sp³-hybridized carbons (Fsp3) is 0.500. The van der Waals surface area contributed by atoms with E-state index in [4.69, 9.17) is 0 Å². The highest BCUT2D eigenvalue weighted by Crippen LogP contribution is 2.12. The second kappa shape index (κ2) is 5.74. The standard InChI is InChI=1S/C12H20BN/c1-3-9-14(10-4-2)12-7-5-11(13)6-8-12/h5-8H,3-4,9-10,13H2,1-2H3. The van der Waals surface area contributed by atoms with E-state index in [0.717, 1.165) is 13.1 Å². The first-order valence-corrected chi connectivity index (χ1v) is 5.59. The molecule has 76 valence electrons. The van der Waals surface area contributed by atoms with Gasteiger partial charge in [-0.2, -0.15) is 0 Å². The van der Waals surface area contributed by atoms with Gasteiger partial charge in [-0.15, -0.1) is 0 Å². The van der Waals surface area contributed by atoms with Crippen LogP contribution in [0.5, 0.6) is 0 Å². The number of rotatable bonds is 5. The van der Waals surface area contributed by atoms with Crippen molar-refractivity contribution in [3.05, 3.63) is 24.3 Å². The molecule has 0 amide bonds. The second-order valence-electron chi connectivity index (χ2n) is 3.82. The zero-order chi connectivity index (χ0) is 10.4. The molecule has 0 radical (unpaired) electrons. The van der Waals surface area contributed by atoms with Gasteiger partial charge in [0.2, 0.25) is 0 Å². The van der Waals surface area contributed by atoms with E-state index in [-0.39, 0.29) is 0 Å². The van der Waals surface area contributed by atoms with Gasteiger partial charge in [0.15, 0.2) is 0 Å². The summed E-state index contributed by atoms with van der Waals surface area (Å²) in [6.07, 6.45) is 2.43. The maximum atomic E-state index is 2.46. The summed E-state index contributed by atoms with van der Waals surface area (Å²) < 4.78 is 0. The Morgan fingerprint density at radius 1 is 1.00 bits per heavy atom. The van der Waals surface area contributed by atoms with E-state index < -0.39 is 0 Å². The average molecular weight is 189 g/mol. The van der Waals surface area contributed by atoms with Crippen LogP contribution in [-0.4, -0.2) is 20.9 Å². The van der Waals surface area contributed by atoms with Crippen molar-refractivity contribution in [2.75, 3.05) is 18.0 Å². The smallest absolute Gasteiger partial charge is 0.139 e. The molecule has 0 N–H and O–H groups in total. The van der Waals surface area contributed by atoms with Crippen molar-refractivity contribution in [1.82, 2.24) is 0 Å². The summed E-state index contributed by atoms with van der Waals surface area (Å²) in [5, 5.41) is 0. The molecule has 0 heterocycles. The first-order valence-electron chi connectivity index (χ1n) is 5.59. The van der Waals surface area contributed by atoms with E-state index in [1.807, 2.05) is 0 Å². The van der Waals surface area contributed by atoms with Crippen LogP contribution in [0.1, 0.15) is 26.7 Å². The molecule has 2 heteroatoms. The highest BCUT2D eigenvalue weighted by molar-refractivity contribution is 6.32. The zero-order valence-electron chi connectivity index (χ0n) is 9.59. The van der Waals surface area contributed by atoms with E-state index in [0.29, 0.717) is 0 Å². The Balaban J connectivity index is 2.71. The number of hydrogen-bond acceptors (Lipinski definition) is 1. The van der Waals surface area contributed by atoms with Crippen molar-refractivity contribution in [2.24, 2.45) is 0 Å². The highest BCUT2D eigenvalue weighted by Gasteiger charge is 2.02. The summed E-state index contributed by atoms with van der Waals surface area (Å²) >= 11 is 0. The predicted octanol–water partition coefficient (Wildman–Crippen LogP) is 1.57. The Morgan fingerprint density at radius 2 is 1.50 bits per heavy atom. The van der Waals surface area contributed by atoms with Gasteiger partial charge in [-0.05, 0) is 25.0 Å². The van der Waals surface area contributed by atoms with Gasteiger partial charge in [0.25, 0.3) is 0 Å². The third kappa shape index (κ3) is 3.10. The van der Waals surface area contributed by atoms with Crippen LogP contribution in [0.3, 0.4) is 0 Å². The maximum Gasteiger partial charge on any atom is 0.139 e. The molecule has 0 unspecified atom stereocenters. The lowest BCUT2D eigenvalue weighted by Crippen LogP contribution is -2.25. The molecule has 0 saturated heterocycles. The van der Waals surface area contributed by atoms with Gasteiger partial charge in [0.1, 0.15) is 7.85 Å². The molecule has 0 atom stereocenters. The van der Waals surface area contributed by atoms with Crippen LogP contribution in [0.25, 0.3) is 0 Å². The third-order valence-corrected chi connectivity index (χ3v) is 2.39. The summed E-state index contributed by atoms with van der Waals surface area (Å²) in [6, 6.07) is 8.82. The van der Waals surface area contributed by atoms with Gasteiger partial charge in [-0.3, -0.25) is 0 Å². The van der Waals surface area contributed by atoms with Crippen LogP contribution in [0.15, 0.2) is 24.3 Å². The van der Waals surface area contributed by atoms with Crippen LogP contribution in [-0.2, 0) is 0 Å². The quantitative estimate of drug-likeness (QED) is 0.635. The number of nitrogens with zero attached hydrogens (tertiary/aromatic N) is 1. The molecular formula is C12H20BN. The van der Waals surface area contributed by atoms with Crippen LogP contribution >= 0.6 is 0 Å². The molecule has 0 fully saturated rings. The van der Waals surface area contributed by atoms with Crippen molar-refractivity contribution >= 4 is 19.0 Å². The fourth-order valence-electron chi connectivity index (χ4n) is 1.67. The lowest BCUT2D eigenvalue weighted by molar-refractivity contribution is 0.745. The van der Waals surface area contributed by atoms with E-state index in [1.165, 1.54) is 24.0 Å². The molecule has 0 aliphatic rings. The Hall–Kier alpha value is -0.915. The molecule has 0 aromatic heterocycles. The summed E-state index contributed by atoms with van der Waals surface area (Å²) in [4.78, 5) is 2.46. The topological polar surface area (TPSA) is 3.24 Å². The van der Waals surface area contributed by atoms with Crippen molar-refractivity contribution < 1.29 is 0 Å². The summed E-state index contributed by atoms with van der Waals surface area (Å²) in [5.74, 6) is 0. The summed E-state index contributed by atoms with van der Waals surface area (Å²) in [7, 11) is 2.13. The minimum absolute atomic E-state index is 1.16. The Kier molecular flexibility index (Phi) is 4.58. The Morgan fingerprint density at radius 3 is 1.93 bits per heavy atom. The molecule has 14 heavy (non-hydrogen) atoms. The van der Waals surface area contributed by atoms with Crippen molar-refractivity contribution in [3.8, 4) is 0 Å². The van der Waals surface area contributed by atoms with E-state index in [2.05, 4.69) is 50.9 Å². The van der Waals surface area contributed by atoms with Crippen LogP contribution < -0.4 is 10.4 Å². The zero-order valence-corrected chi connectivity index (χ0v) is 9.59. The maximum absolute atomic E-state index is 2.46. The minimum atomic E-state index is 1.16. The van der Waals surface area contributed by atoms with Crippen LogP contribution in [0.2, 0.25) is 0 Å². The van der Waals surface area contributed by atoms with Crippen molar-refractivity contribution in [2.45, 2.75) is 26.7 Å². The molecule has 1 rings (SSSR count). The van der Waals surface area contributed by atoms with E-state index in [9.17, 15) is 0 Å². The van der Waals surface area contributed by atoms with Crippen LogP contribution in [0.4, 0.5) is 5.69 Å². The van der Waals surface area contributed by atoms with Crippen molar-refractivity contribution in [3.63, 3.8) is 0 Å². The highest BCUT2D eigenvalue weighted by atomic mass is 15.1. The lowest BCUT2D eigenvalue weighted by atomic mass is 9.96. The summed E-state index contributed by atoms with van der Waals surface area (Å²) in [6.45, 7) is 6.79. The van der Waals surface area contributed by atoms with E-state index in [1.54, 1.807) is 0 Å². The average Bonchev–Trinajstić information content (AvgIpc) is 2.19. The van der Waals surface area contributed by atoms with Gasteiger partial charge in [0.05, 0.1) is 0 Å². The van der Waals surface area contributed by atoms with E-state index >= 15 is 0 Å². The van der Waals surface area contributed by atoms with Gasteiger partial charge >= 0.3 is 0 Å². The van der Waals surface area contributed by atoms with Crippen molar-refractivity contribution in [1.29, 1.82) is 0 Å².